The number of nitrogens with zero attached hydrogens (tertiary/aromatic N) is 1. The molecule has 2 heterocycles. The van der Waals surface area contributed by atoms with Crippen LogP contribution in [0.15, 0.2) is 78.9 Å². The number of rotatable bonds is 9. The molecular formula is C36H38N2O3. The van der Waals surface area contributed by atoms with E-state index in [9.17, 15) is 4.79 Å². The van der Waals surface area contributed by atoms with Gasteiger partial charge in [-0.1, -0.05) is 56.5 Å². The molecule has 1 spiro atoms. The Bertz CT molecular complexity index is 1610. The third-order valence-electron chi connectivity index (χ3n) is 8.37. The molecule has 0 saturated heterocycles. The van der Waals surface area contributed by atoms with Crippen LogP contribution in [-0.4, -0.2) is 19.1 Å². The van der Waals surface area contributed by atoms with Gasteiger partial charge in [-0.2, -0.15) is 0 Å². The highest BCUT2D eigenvalue weighted by Gasteiger charge is 2.53. The first-order valence-corrected chi connectivity index (χ1v) is 14.8. The predicted octanol–water partition coefficient (Wildman–Crippen LogP) is 9.02. The number of hydrogen-bond donors (Lipinski definition) is 1. The van der Waals surface area contributed by atoms with Gasteiger partial charge in [0.25, 0.3) is 0 Å². The number of anilines is 3. The van der Waals surface area contributed by atoms with Crippen molar-refractivity contribution in [1.29, 1.82) is 0 Å². The molecule has 0 bridgehead atoms. The Hall–Kier alpha value is -4.25. The normalized spacial score (nSPS) is 16.4. The molecule has 4 aromatic carbocycles. The average molecular weight is 547 g/mol. The second-order valence-electron chi connectivity index (χ2n) is 11.2. The lowest BCUT2D eigenvalue weighted by Gasteiger charge is -2.38. The van der Waals surface area contributed by atoms with Crippen LogP contribution in [0.1, 0.15) is 77.7 Å². The van der Waals surface area contributed by atoms with Crippen molar-refractivity contribution in [3.8, 4) is 11.5 Å². The van der Waals surface area contributed by atoms with Gasteiger partial charge in [0.1, 0.15) is 11.5 Å². The monoisotopic (exact) mass is 546 g/mol. The summed E-state index contributed by atoms with van der Waals surface area (Å²) in [5, 5.41) is 3.59. The summed E-state index contributed by atoms with van der Waals surface area (Å²) in [5.74, 6) is 1.12. The number of benzene rings is 4. The number of carbonyl (C=O) groups excluding carboxylic acids is 1. The molecule has 1 atom stereocenters. The lowest BCUT2D eigenvalue weighted by Crippen LogP contribution is -2.33. The van der Waals surface area contributed by atoms with Gasteiger partial charge in [0.15, 0.2) is 5.60 Å². The second kappa shape index (κ2) is 11.0. The van der Waals surface area contributed by atoms with Crippen molar-refractivity contribution in [3.05, 3.63) is 112 Å². The van der Waals surface area contributed by atoms with Gasteiger partial charge in [0.2, 0.25) is 0 Å². The maximum Gasteiger partial charge on any atom is 0.340 e. The lowest BCUT2D eigenvalue weighted by molar-refractivity contribution is 0.0224. The quantitative estimate of drug-likeness (QED) is 0.168. The van der Waals surface area contributed by atoms with E-state index in [1.807, 2.05) is 30.3 Å². The van der Waals surface area contributed by atoms with E-state index in [2.05, 4.69) is 86.4 Å². The lowest BCUT2D eigenvalue weighted by atomic mass is 9.77. The molecule has 0 fully saturated rings. The molecule has 2 aliphatic heterocycles. The molecule has 210 valence electrons. The molecule has 6 rings (SSSR count). The van der Waals surface area contributed by atoms with E-state index in [1.165, 1.54) is 24.8 Å². The number of esters is 1. The number of aryl methyl sites for hydroxylation is 2. The van der Waals surface area contributed by atoms with Crippen LogP contribution in [0.5, 0.6) is 11.5 Å². The molecule has 0 aromatic heterocycles. The minimum absolute atomic E-state index is 0.316. The fraction of sp³-hybridized carbons (Fsp3) is 0.306. The van der Waals surface area contributed by atoms with E-state index < -0.39 is 5.60 Å². The second-order valence-corrected chi connectivity index (χ2v) is 11.2. The molecule has 1 unspecified atom stereocenters. The molecule has 4 aromatic rings. The van der Waals surface area contributed by atoms with Gasteiger partial charge in [-0.05, 0) is 80.8 Å². The fourth-order valence-electron chi connectivity index (χ4n) is 6.22. The van der Waals surface area contributed by atoms with Crippen molar-refractivity contribution in [3.63, 3.8) is 0 Å². The molecule has 41 heavy (non-hydrogen) atoms. The fourth-order valence-corrected chi connectivity index (χ4v) is 6.22. The Kier molecular flexibility index (Phi) is 7.21. The summed E-state index contributed by atoms with van der Waals surface area (Å²) in [6.45, 7) is 10.5. The third-order valence-corrected chi connectivity index (χ3v) is 8.37. The molecule has 1 N–H and O–H groups in total. The average Bonchev–Trinajstić information content (AvgIpc) is 3.26. The van der Waals surface area contributed by atoms with Crippen molar-refractivity contribution in [2.75, 3.05) is 23.3 Å². The third kappa shape index (κ3) is 4.73. The van der Waals surface area contributed by atoms with Gasteiger partial charge in [-0.25, -0.2) is 4.79 Å². The van der Waals surface area contributed by atoms with Crippen LogP contribution >= 0.6 is 0 Å². The predicted molar refractivity (Wildman–Crippen MR) is 166 cm³/mol. The highest BCUT2D eigenvalue weighted by atomic mass is 16.6. The smallest absolute Gasteiger partial charge is 0.340 e. The molecule has 0 saturated carbocycles. The van der Waals surface area contributed by atoms with E-state index in [-0.39, 0.29) is 5.97 Å². The Morgan fingerprint density at radius 3 is 2.44 bits per heavy atom. The van der Waals surface area contributed by atoms with Gasteiger partial charge in [-0.3, -0.25) is 0 Å². The van der Waals surface area contributed by atoms with Crippen molar-refractivity contribution >= 4 is 23.0 Å². The molecule has 0 aliphatic carbocycles. The van der Waals surface area contributed by atoms with E-state index in [0.717, 1.165) is 64.6 Å². The van der Waals surface area contributed by atoms with Gasteiger partial charge < -0.3 is 19.7 Å². The summed E-state index contributed by atoms with van der Waals surface area (Å²) in [6.07, 6.45) is 4.88. The molecule has 5 heteroatoms. The Labute approximate surface area is 243 Å². The maximum atomic E-state index is 13.3. The molecular weight excluding hydrogens is 508 g/mol. The van der Waals surface area contributed by atoms with E-state index >= 15 is 0 Å². The molecule has 0 amide bonds. The minimum atomic E-state index is -1.09. The zero-order valence-corrected chi connectivity index (χ0v) is 24.4. The summed E-state index contributed by atoms with van der Waals surface area (Å²) in [7, 11) is 0. The number of hydrogen-bond acceptors (Lipinski definition) is 5. The number of fused-ring (bicyclic) bond motifs is 6. The largest absolute Gasteiger partial charge is 0.456 e. The Morgan fingerprint density at radius 1 is 0.805 bits per heavy atom. The first-order chi connectivity index (χ1) is 19.9. The minimum Gasteiger partial charge on any atom is -0.456 e. The van der Waals surface area contributed by atoms with Crippen LogP contribution in [0, 0.1) is 13.8 Å². The summed E-state index contributed by atoms with van der Waals surface area (Å²) in [4.78, 5) is 15.7. The standard InChI is InChI=1S/C36H38N2O3/c1-5-7-8-11-19-38(6-2)27-17-18-30-34(22-27)40-33-21-25(4)32(37-26-14-12-13-24(3)20-26)23-31(33)36(30)29-16-10-9-15-28(29)35(39)41-36/h9-10,12-18,20-23,37H,5-8,11,19H2,1-4H3. The van der Waals surface area contributed by atoms with Crippen LogP contribution in [-0.2, 0) is 10.3 Å². The van der Waals surface area contributed by atoms with E-state index in [0.29, 0.717) is 11.3 Å². The van der Waals surface area contributed by atoms with Crippen LogP contribution < -0.4 is 15.0 Å². The highest BCUT2D eigenvalue weighted by Crippen LogP contribution is 2.57. The zero-order chi connectivity index (χ0) is 28.6. The summed E-state index contributed by atoms with van der Waals surface area (Å²) in [6, 6.07) is 26.5. The van der Waals surface area contributed by atoms with E-state index in [4.69, 9.17) is 9.47 Å². The first-order valence-electron chi connectivity index (χ1n) is 14.8. The van der Waals surface area contributed by atoms with Crippen LogP contribution in [0.25, 0.3) is 0 Å². The van der Waals surface area contributed by atoms with Crippen molar-refractivity contribution in [2.24, 2.45) is 0 Å². The van der Waals surface area contributed by atoms with Crippen molar-refractivity contribution in [2.45, 2.75) is 59.0 Å². The van der Waals surface area contributed by atoms with Crippen molar-refractivity contribution < 1.29 is 14.3 Å². The summed E-state index contributed by atoms with van der Waals surface area (Å²) >= 11 is 0. The summed E-state index contributed by atoms with van der Waals surface area (Å²) < 4.78 is 13.1. The van der Waals surface area contributed by atoms with Gasteiger partial charge in [-0.15, -0.1) is 0 Å². The van der Waals surface area contributed by atoms with Gasteiger partial charge in [0.05, 0.1) is 5.56 Å². The van der Waals surface area contributed by atoms with Crippen molar-refractivity contribution in [1.82, 2.24) is 0 Å². The number of nitrogens with one attached hydrogen (secondary N) is 1. The topological polar surface area (TPSA) is 50.8 Å². The molecule has 5 nitrogen and oxygen atoms in total. The number of unbranched alkanes of at least 4 members (excludes halogenated alkanes) is 3. The van der Waals surface area contributed by atoms with Crippen LogP contribution in [0.2, 0.25) is 0 Å². The van der Waals surface area contributed by atoms with Crippen LogP contribution in [0.3, 0.4) is 0 Å². The van der Waals surface area contributed by atoms with Crippen LogP contribution in [0.4, 0.5) is 17.1 Å². The molecule has 0 radical (unpaired) electrons. The zero-order valence-electron chi connectivity index (χ0n) is 24.4. The highest BCUT2D eigenvalue weighted by molar-refractivity contribution is 5.97. The number of carbonyl (C=O) groups is 1. The molecule has 2 aliphatic rings. The summed E-state index contributed by atoms with van der Waals surface area (Å²) in [5.41, 5.74) is 7.31. The van der Waals surface area contributed by atoms with Gasteiger partial charge in [0, 0.05) is 52.9 Å². The first kappa shape index (κ1) is 26.9. The SMILES string of the molecule is CCCCCCN(CC)c1ccc2c(c1)Oc1cc(C)c(Nc3cccc(C)c3)cc1C21OC(=O)c2ccccc21. The maximum absolute atomic E-state index is 13.3. The Morgan fingerprint density at radius 2 is 1.63 bits per heavy atom. The van der Waals surface area contributed by atoms with Gasteiger partial charge >= 0.3 is 5.97 Å². The Balaban J connectivity index is 1.47. The van der Waals surface area contributed by atoms with E-state index in [1.54, 1.807) is 0 Å². The number of ether oxygens (including phenoxy) is 2.